The maximum absolute atomic E-state index is 5.82. The minimum Gasteiger partial charge on any atom is -0.494 e. The van der Waals surface area contributed by atoms with E-state index in [9.17, 15) is 0 Å². The first-order chi connectivity index (χ1) is 15.3. The number of hydrogen-bond acceptors (Lipinski definition) is 4. The molecular formula is C27H33NO3. The third-order valence-corrected chi connectivity index (χ3v) is 5.14. The Morgan fingerprint density at radius 2 is 1.42 bits per heavy atom. The van der Waals surface area contributed by atoms with Gasteiger partial charge in [-0.2, -0.15) is 0 Å². The zero-order valence-electron chi connectivity index (χ0n) is 18.5. The summed E-state index contributed by atoms with van der Waals surface area (Å²) < 4.78 is 17.2. The molecule has 164 valence electrons. The fraction of sp³-hybridized carbons (Fsp3) is 0.370. The van der Waals surface area contributed by atoms with Crippen LogP contribution in [0.25, 0.3) is 22.6 Å². The molecule has 4 heteroatoms. The lowest BCUT2D eigenvalue weighted by Crippen LogP contribution is -1.96. The molecule has 3 aromatic rings. The van der Waals surface area contributed by atoms with Crippen molar-refractivity contribution in [2.24, 2.45) is 0 Å². The summed E-state index contributed by atoms with van der Waals surface area (Å²) in [4.78, 5) is 0. The number of ether oxygens (including phenoxy) is 2. The topological polar surface area (TPSA) is 44.5 Å². The van der Waals surface area contributed by atoms with E-state index in [4.69, 9.17) is 14.0 Å². The second-order valence-corrected chi connectivity index (χ2v) is 7.67. The molecule has 0 fully saturated rings. The van der Waals surface area contributed by atoms with Crippen molar-refractivity contribution in [3.05, 3.63) is 67.3 Å². The zero-order valence-corrected chi connectivity index (χ0v) is 18.5. The van der Waals surface area contributed by atoms with Gasteiger partial charge >= 0.3 is 0 Å². The minimum atomic E-state index is 0.720. The summed E-state index contributed by atoms with van der Waals surface area (Å²) in [5.41, 5.74) is 2.80. The Morgan fingerprint density at radius 1 is 0.806 bits per heavy atom. The van der Waals surface area contributed by atoms with Crippen molar-refractivity contribution in [2.45, 2.75) is 51.9 Å². The number of aromatic nitrogens is 1. The van der Waals surface area contributed by atoms with Gasteiger partial charge in [-0.3, -0.25) is 0 Å². The first-order valence-electron chi connectivity index (χ1n) is 11.3. The molecule has 0 unspecified atom stereocenters. The van der Waals surface area contributed by atoms with E-state index >= 15 is 0 Å². The first kappa shape index (κ1) is 22.7. The van der Waals surface area contributed by atoms with E-state index in [-0.39, 0.29) is 0 Å². The van der Waals surface area contributed by atoms with Crippen LogP contribution in [0, 0.1) is 0 Å². The summed E-state index contributed by atoms with van der Waals surface area (Å²) >= 11 is 0. The molecule has 0 aliphatic rings. The van der Waals surface area contributed by atoms with Gasteiger partial charge in [0.25, 0.3) is 0 Å². The van der Waals surface area contributed by atoms with E-state index in [1.54, 1.807) is 0 Å². The molecule has 0 radical (unpaired) electrons. The van der Waals surface area contributed by atoms with E-state index in [1.165, 1.54) is 19.3 Å². The van der Waals surface area contributed by atoms with Gasteiger partial charge in [-0.15, -0.1) is 6.58 Å². The summed E-state index contributed by atoms with van der Waals surface area (Å²) in [5, 5.41) is 4.23. The zero-order chi connectivity index (χ0) is 21.7. The van der Waals surface area contributed by atoms with Crippen molar-refractivity contribution in [1.29, 1.82) is 0 Å². The Balaban J connectivity index is 1.52. The smallest absolute Gasteiger partial charge is 0.167 e. The maximum atomic E-state index is 5.82. The molecule has 0 saturated heterocycles. The minimum absolute atomic E-state index is 0.720. The first-order valence-corrected chi connectivity index (χ1v) is 11.3. The molecule has 0 aliphatic carbocycles. The van der Waals surface area contributed by atoms with Crippen molar-refractivity contribution < 1.29 is 14.0 Å². The van der Waals surface area contributed by atoms with Gasteiger partial charge in [-0.1, -0.05) is 37.4 Å². The predicted octanol–water partition coefficient (Wildman–Crippen LogP) is 7.70. The Morgan fingerprint density at radius 3 is 2.03 bits per heavy atom. The average Bonchev–Trinajstić information content (AvgIpc) is 3.30. The van der Waals surface area contributed by atoms with Crippen LogP contribution in [-0.2, 0) is 0 Å². The van der Waals surface area contributed by atoms with Crippen LogP contribution in [0.4, 0.5) is 0 Å². The van der Waals surface area contributed by atoms with Gasteiger partial charge in [-0.05, 0) is 74.2 Å². The lowest BCUT2D eigenvalue weighted by molar-refractivity contribution is 0.305. The highest BCUT2D eigenvalue weighted by Gasteiger charge is 2.09. The Kier molecular flexibility index (Phi) is 9.24. The van der Waals surface area contributed by atoms with Gasteiger partial charge in [0.05, 0.1) is 13.2 Å². The summed E-state index contributed by atoms with van der Waals surface area (Å²) in [6, 6.07) is 17.9. The van der Waals surface area contributed by atoms with Crippen LogP contribution in [0.15, 0.2) is 71.8 Å². The van der Waals surface area contributed by atoms with Gasteiger partial charge in [0, 0.05) is 17.2 Å². The molecular weight excluding hydrogens is 386 g/mol. The maximum Gasteiger partial charge on any atom is 0.167 e. The number of rotatable bonds is 14. The fourth-order valence-electron chi connectivity index (χ4n) is 3.28. The predicted molar refractivity (Wildman–Crippen MR) is 127 cm³/mol. The standard InChI is InChI=1S/C27H33NO3/c1-3-5-7-9-19-29-24-15-11-22(12-16-24)26-21-27(31-28-26)23-13-17-25(18-14-23)30-20-10-8-6-4-2/h4,11-18,21H,2-3,5-10,19-20H2,1H3. The van der Waals surface area contributed by atoms with Crippen LogP contribution in [0.3, 0.4) is 0 Å². The Hall–Kier alpha value is -3.01. The second kappa shape index (κ2) is 12.6. The normalized spacial score (nSPS) is 10.7. The quantitative estimate of drug-likeness (QED) is 0.198. The molecule has 0 N–H and O–H groups in total. The van der Waals surface area contributed by atoms with Gasteiger partial charge in [0.15, 0.2) is 5.76 Å². The molecule has 0 atom stereocenters. The van der Waals surface area contributed by atoms with Gasteiger partial charge in [0.1, 0.15) is 17.2 Å². The van der Waals surface area contributed by atoms with Crippen LogP contribution in [-0.4, -0.2) is 18.4 Å². The molecule has 0 amide bonds. The van der Waals surface area contributed by atoms with Crippen molar-refractivity contribution in [3.63, 3.8) is 0 Å². The number of unbranched alkanes of at least 4 members (excludes halogenated alkanes) is 5. The molecule has 31 heavy (non-hydrogen) atoms. The lowest BCUT2D eigenvalue weighted by Gasteiger charge is -2.06. The van der Waals surface area contributed by atoms with Gasteiger partial charge < -0.3 is 14.0 Å². The van der Waals surface area contributed by atoms with Gasteiger partial charge in [-0.25, -0.2) is 0 Å². The number of allylic oxidation sites excluding steroid dienone is 1. The Labute approximate surface area is 185 Å². The largest absolute Gasteiger partial charge is 0.494 e. The SMILES string of the molecule is C=CCCCCOc1ccc(-c2cc(-c3ccc(OCCCCCC)cc3)no2)cc1. The van der Waals surface area contributed by atoms with Crippen molar-refractivity contribution in [3.8, 4) is 34.1 Å². The summed E-state index contributed by atoms with van der Waals surface area (Å²) in [6.45, 7) is 7.44. The van der Waals surface area contributed by atoms with Crippen LogP contribution < -0.4 is 9.47 Å². The van der Waals surface area contributed by atoms with E-state index < -0.39 is 0 Å². The van der Waals surface area contributed by atoms with Crippen LogP contribution in [0.1, 0.15) is 51.9 Å². The van der Waals surface area contributed by atoms with Crippen LogP contribution in [0.2, 0.25) is 0 Å². The molecule has 1 aromatic heterocycles. The number of nitrogens with zero attached hydrogens (tertiary/aromatic N) is 1. The van der Waals surface area contributed by atoms with Crippen molar-refractivity contribution in [1.82, 2.24) is 5.16 Å². The average molecular weight is 420 g/mol. The van der Waals surface area contributed by atoms with Crippen LogP contribution >= 0.6 is 0 Å². The Bertz CT molecular complexity index is 897. The van der Waals surface area contributed by atoms with E-state index in [1.807, 2.05) is 60.7 Å². The van der Waals surface area contributed by atoms with E-state index in [0.29, 0.717) is 0 Å². The monoisotopic (exact) mass is 419 g/mol. The summed E-state index contributed by atoms with van der Waals surface area (Å²) in [7, 11) is 0. The number of benzene rings is 2. The highest BCUT2D eigenvalue weighted by molar-refractivity contribution is 5.67. The molecule has 0 saturated carbocycles. The van der Waals surface area contributed by atoms with Crippen molar-refractivity contribution in [2.75, 3.05) is 13.2 Å². The lowest BCUT2D eigenvalue weighted by atomic mass is 10.1. The highest BCUT2D eigenvalue weighted by atomic mass is 16.5. The van der Waals surface area contributed by atoms with Crippen LogP contribution in [0.5, 0.6) is 11.5 Å². The number of hydrogen-bond donors (Lipinski definition) is 0. The summed E-state index contributed by atoms with van der Waals surface area (Å²) in [5.74, 6) is 2.50. The molecule has 3 rings (SSSR count). The van der Waals surface area contributed by atoms with Crippen molar-refractivity contribution >= 4 is 0 Å². The third kappa shape index (κ3) is 7.32. The summed E-state index contributed by atoms with van der Waals surface area (Å²) in [6.07, 6.45) is 9.94. The van der Waals surface area contributed by atoms with Gasteiger partial charge in [0.2, 0.25) is 0 Å². The molecule has 2 aromatic carbocycles. The molecule has 0 bridgehead atoms. The molecule has 0 spiro atoms. The molecule has 1 heterocycles. The molecule has 0 aliphatic heterocycles. The third-order valence-electron chi connectivity index (χ3n) is 5.14. The second-order valence-electron chi connectivity index (χ2n) is 7.67. The highest BCUT2D eigenvalue weighted by Crippen LogP contribution is 2.28. The van der Waals surface area contributed by atoms with E-state index in [0.717, 1.165) is 73.0 Å². The fourth-order valence-corrected chi connectivity index (χ4v) is 3.28. The van der Waals surface area contributed by atoms with E-state index in [2.05, 4.69) is 18.7 Å². The molecule has 4 nitrogen and oxygen atoms in total.